The van der Waals surface area contributed by atoms with Gasteiger partial charge in [-0.3, -0.25) is 0 Å². The van der Waals surface area contributed by atoms with Gasteiger partial charge in [-0.1, -0.05) is 6.92 Å². The number of nitrogen functional groups attached to an aromatic ring is 1. The van der Waals surface area contributed by atoms with Crippen molar-refractivity contribution < 1.29 is 9.53 Å². The summed E-state index contributed by atoms with van der Waals surface area (Å²) in [5.41, 5.74) is 8.98. The van der Waals surface area contributed by atoms with Gasteiger partial charge < -0.3 is 10.5 Å². The number of methoxy groups -OCH3 is 1. The molecule has 2 aromatic rings. The van der Waals surface area contributed by atoms with Crippen LogP contribution in [0.3, 0.4) is 0 Å². The number of carbonyl (C=O) groups excluding carboxylic acids is 1. The highest BCUT2D eigenvalue weighted by atomic mass is 32.1. The van der Waals surface area contributed by atoms with Gasteiger partial charge in [0.1, 0.15) is 9.71 Å². The third-order valence-corrected chi connectivity index (χ3v) is 4.80. The molecule has 0 aromatic carbocycles. The van der Waals surface area contributed by atoms with Crippen LogP contribution in [0.2, 0.25) is 0 Å². The zero-order chi connectivity index (χ0) is 13.6. The van der Waals surface area contributed by atoms with Gasteiger partial charge in [-0.05, 0) is 36.8 Å². The molecule has 1 atom stereocenters. The van der Waals surface area contributed by atoms with Gasteiger partial charge in [0.25, 0.3) is 0 Å². The van der Waals surface area contributed by atoms with Gasteiger partial charge in [0.2, 0.25) is 0 Å². The molecule has 0 fully saturated rings. The maximum atomic E-state index is 11.7. The van der Waals surface area contributed by atoms with Crippen molar-refractivity contribution in [2.45, 2.75) is 26.2 Å². The third kappa shape index (κ3) is 1.98. The highest BCUT2D eigenvalue weighted by molar-refractivity contribution is 7.21. The van der Waals surface area contributed by atoms with E-state index in [-0.39, 0.29) is 5.97 Å². The molecule has 1 aliphatic carbocycles. The second-order valence-corrected chi connectivity index (χ2v) is 6.13. The summed E-state index contributed by atoms with van der Waals surface area (Å²) in [5.74, 6) is 0.304. The standard InChI is InChI=1S/C14H16N2O2S/c1-7-3-4-10-8(5-7)6-9-11(15)12(14(17)18-2)19-13(9)16-10/h6-7H,3-5,15H2,1-2H3/t7-/m1/s1. The molecule has 100 valence electrons. The number of rotatable bonds is 1. The van der Waals surface area contributed by atoms with Crippen LogP contribution in [0.25, 0.3) is 10.2 Å². The number of fused-ring (bicyclic) bond motifs is 2. The number of thiophene rings is 1. The van der Waals surface area contributed by atoms with E-state index in [4.69, 9.17) is 10.5 Å². The fraction of sp³-hybridized carbons (Fsp3) is 0.429. The summed E-state index contributed by atoms with van der Waals surface area (Å²) in [7, 11) is 1.37. The van der Waals surface area contributed by atoms with E-state index in [1.807, 2.05) is 0 Å². The van der Waals surface area contributed by atoms with Crippen molar-refractivity contribution in [3.63, 3.8) is 0 Å². The van der Waals surface area contributed by atoms with Crippen LogP contribution in [0, 0.1) is 5.92 Å². The largest absolute Gasteiger partial charge is 0.465 e. The van der Waals surface area contributed by atoms with Crippen molar-refractivity contribution >= 4 is 33.2 Å². The van der Waals surface area contributed by atoms with Crippen LogP contribution in [0.4, 0.5) is 5.69 Å². The van der Waals surface area contributed by atoms with Gasteiger partial charge in [-0.2, -0.15) is 0 Å². The van der Waals surface area contributed by atoms with Crippen molar-refractivity contribution in [3.8, 4) is 0 Å². The molecule has 0 aliphatic heterocycles. The predicted molar refractivity (Wildman–Crippen MR) is 76.6 cm³/mol. The third-order valence-electron chi connectivity index (χ3n) is 3.70. The van der Waals surface area contributed by atoms with Crippen LogP contribution in [0.15, 0.2) is 6.07 Å². The number of esters is 1. The summed E-state index contributed by atoms with van der Waals surface area (Å²) in [6.07, 6.45) is 3.23. The van der Waals surface area contributed by atoms with Crippen LogP contribution in [0.1, 0.15) is 34.3 Å². The van der Waals surface area contributed by atoms with E-state index in [1.165, 1.54) is 30.4 Å². The minimum atomic E-state index is -0.383. The average molecular weight is 276 g/mol. The number of ether oxygens (including phenoxy) is 1. The minimum absolute atomic E-state index is 0.383. The molecule has 3 rings (SSSR count). The summed E-state index contributed by atoms with van der Waals surface area (Å²) in [5, 5.41) is 0.887. The van der Waals surface area contributed by atoms with Gasteiger partial charge in [-0.25, -0.2) is 9.78 Å². The van der Waals surface area contributed by atoms with Crippen LogP contribution in [-0.4, -0.2) is 18.1 Å². The highest BCUT2D eigenvalue weighted by Crippen LogP contribution is 2.36. The van der Waals surface area contributed by atoms with E-state index in [9.17, 15) is 4.79 Å². The Hall–Kier alpha value is -1.62. The Balaban J connectivity index is 2.17. The molecule has 1 aliphatic rings. The number of nitrogens with zero attached hydrogens (tertiary/aromatic N) is 1. The number of hydrogen-bond donors (Lipinski definition) is 1. The monoisotopic (exact) mass is 276 g/mol. The molecule has 0 amide bonds. The zero-order valence-electron chi connectivity index (χ0n) is 11.0. The van der Waals surface area contributed by atoms with Crippen molar-refractivity contribution in [1.29, 1.82) is 0 Å². The molecule has 0 saturated heterocycles. The van der Waals surface area contributed by atoms with E-state index in [2.05, 4.69) is 18.0 Å². The quantitative estimate of drug-likeness (QED) is 0.813. The summed E-state index contributed by atoms with van der Waals surface area (Å²) in [4.78, 5) is 17.6. The van der Waals surface area contributed by atoms with Crippen molar-refractivity contribution in [1.82, 2.24) is 4.98 Å². The number of pyridine rings is 1. The van der Waals surface area contributed by atoms with Crippen LogP contribution >= 0.6 is 11.3 Å². The molecular formula is C14H16N2O2S. The number of carbonyl (C=O) groups is 1. The lowest BCUT2D eigenvalue weighted by molar-refractivity contribution is 0.0607. The first-order chi connectivity index (χ1) is 9.10. The first-order valence-corrected chi connectivity index (χ1v) is 7.21. The highest BCUT2D eigenvalue weighted by Gasteiger charge is 2.22. The Morgan fingerprint density at radius 1 is 1.58 bits per heavy atom. The second kappa shape index (κ2) is 4.49. The molecule has 2 heterocycles. The topological polar surface area (TPSA) is 65.2 Å². The number of nitrogens with two attached hydrogens (primary N) is 1. The molecule has 5 heteroatoms. The molecule has 2 aromatic heterocycles. The van der Waals surface area contributed by atoms with Crippen LogP contribution in [-0.2, 0) is 17.6 Å². The summed E-state index contributed by atoms with van der Waals surface area (Å²) in [6, 6.07) is 2.10. The summed E-state index contributed by atoms with van der Waals surface area (Å²) in [6.45, 7) is 2.25. The lowest BCUT2D eigenvalue weighted by atomic mass is 9.87. The molecule has 0 unspecified atom stereocenters. The lowest BCUT2D eigenvalue weighted by Crippen LogP contribution is -2.12. The summed E-state index contributed by atoms with van der Waals surface area (Å²) >= 11 is 1.32. The normalized spacial score (nSPS) is 18.3. The molecule has 0 radical (unpaired) electrons. The molecule has 0 saturated carbocycles. The van der Waals surface area contributed by atoms with Gasteiger partial charge in [-0.15, -0.1) is 11.3 Å². The maximum Gasteiger partial charge on any atom is 0.350 e. The van der Waals surface area contributed by atoms with Crippen LogP contribution < -0.4 is 5.73 Å². The fourth-order valence-electron chi connectivity index (χ4n) is 2.62. The van der Waals surface area contributed by atoms with E-state index in [0.717, 1.165) is 28.8 Å². The number of hydrogen-bond acceptors (Lipinski definition) is 5. The fourth-order valence-corrected chi connectivity index (χ4v) is 3.63. The number of aromatic nitrogens is 1. The van der Waals surface area contributed by atoms with E-state index >= 15 is 0 Å². The maximum absolute atomic E-state index is 11.7. The Morgan fingerprint density at radius 2 is 2.37 bits per heavy atom. The zero-order valence-corrected chi connectivity index (χ0v) is 11.8. The van der Waals surface area contributed by atoms with E-state index in [0.29, 0.717) is 16.5 Å². The first kappa shape index (κ1) is 12.4. The molecule has 4 nitrogen and oxygen atoms in total. The Morgan fingerprint density at radius 3 is 3.11 bits per heavy atom. The Kier molecular flexibility index (Phi) is 2.93. The first-order valence-electron chi connectivity index (χ1n) is 6.39. The van der Waals surface area contributed by atoms with Crippen LogP contribution in [0.5, 0.6) is 0 Å². The van der Waals surface area contributed by atoms with Crippen molar-refractivity contribution in [2.75, 3.05) is 12.8 Å². The smallest absolute Gasteiger partial charge is 0.350 e. The molecular weight excluding hydrogens is 260 g/mol. The molecule has 19 heavy (non-hydrogen) atoms. The second-order valence-electron chi connectivity index (χ2n) is 5.13. The number of aryl methyl sites for hydroxylation is 1. The van der Waals surface area contributed by atoms with E-state index < -0.39 is 0 Å². The molecule has 0 bridgehead atoms. The molecule has 0 spiro atoms. The average Bonchev–Trinajstić information content (AvgIpc) is 2.72. The van der Waals surface area contributed by atoms with Gasteiger partial charge in [0.05, 0.1) is 12.8 Å². The number of anilines is 1. The van der Waals surface area contributed by atoms with E-state index in [1.54, 1.807) is 0 Å². The Labute approximate surface area is 115 Å². The van der Waals surface area contributed by atoms with Gasteiger partial charge in [0, 0.05) is 11.1 Å². The molecule has 2 N–H and O–H groups in total. The minimum Gasteiger partial charge on any atom is -0.465 e. The summed E-state index contributed by atoms with van der Waals surface area (Å²) < 4.78 is 4.75. The van der Waals surface area contributed by atoms with Crippen molar-refractivity contribution in [3.05, 3.63) is 22.2 Å². The predicted octanol–water partition coefficient (Wildman–Crippen LogP) is 2.79. The van der Waals surface area contributed by atoms with Crippen molar-refractivity contribution in [2.24, 2.45) is 5.92 Å². The lowest BCUT2D eigenvalue weighted by Gasteiger charge is -2.20. The SMILES string of the molecule is COC(=O)c1sc2nc3c(cc2c1N)C[C@H](C)CC3. The van der Waals surface area contributed by atoms with Gasteiger partial charge in [0.15, 0.2) is 0 Å². The van der Waals surface area contributed by atoms with Gasteiger partial charge >= 0.3 is 5.97 Å². The Bertz CT molecular complexity index is 663.